The number of aromatic nitrogens is 1. The summed E-state index contributed by atoms with van der Waals surface area (Å²) in [5.74, 6) is -1.03. The standard InChI is InChI=1S/C12H9ClFN3O/c13-9-6-16-4-3-8(9)12(18)17-7-1-2-11(15)10(14)5-7/h1-6H,15H2,(H,17,18). The normalized spacial score (nSPS) is 10.1. The van der Waals surface area contributed by atoms with E-state index in [1.54, 1.807) is 0 Å². The van der Waals surface area contributed by atoms with Crippen LogP contribution in [0, 0.1) is 5.82 Å². The van der Waals surface area contributed by atoms with Gasteiger partial charge in [0.15, 0.2) is 0 Å². The number of nitrogens with two attached hydrogens (primary N) is 1. The van der Waals surface area contributed by atoms with Crippen molar-refractivity contribution in [2.24, 2.45) is 0 Å². The van der Waals surface area contributed by atoms with E-state index in [0.29, 0.717) is 5.69 Å². The third-order valence-electron chi connectivity index (χ3n) is 2.28. The maximum Gasteiger partial charge on any atom is 0.257 e. The van der Waals surface area contributed by atoms with Gasteiger partial charge in [0.25, 0.3) is 5.91 Å². The fourth-order valence-electron chi connectivity index (χ4n) is 1.36. The molecule has 2 rings (SSSR count). The summed E-state index contributed by atoms with van der Waals surface area (Å²) in [5.41, 5.74) is 5.93. The number of nitrogens with zero attached hydrogens (tertiary/aromatic N) is 1. The highest BCUT2D eigenvalue weighted by Gasteiger charge is 2.10. The summed E-state index contributed by atoms with van der Waals surface area (Å²) in [6.45, 7) is 0. The first kappa shape index (κ1) is 12.3. The molecule has 0 aliphatic rings. The Labute approximate surface area is 108 Å². The van der Waals surface area contributed by atoms with Crippen molar-refractivity contribution in [1.29, 1.82) is 0 Å². The summed E-state index contributed by atoms with van der Waals surface area (Å²) >= 11 is 5.82. The van der Waals surface area contributed by atoms with Gasteiger partial charge >= 0.3 is 0 Å². The number of hydrogen-bond donors (Lipinski definition) is 2. The lowest BCUT2D eigenvalue weighted by Gasteiger charge is -2.07. The highest BCUT2D eigenvalue weighted by atomic mass is 35.5. The van der Waals surface area contributed by atoms with E-state index in [-0.39, 0.29) is 16.3 Å². The third kappa shape index (κ3) is 2.57. The van der Waals surface area contributed by atoms with Crippen LogP contribution in [-0.4, -0.2) is 10.9 Å². The minimum atomic E-state index is -0.589. The van der Waals surface area contributed by atoms with Crippen LogP contribution in [0.5, 0.6) is 0 Å². The molecule has 1 aromatic carbocycles. The van der Waals surface area contributed by atoms with Gasteiger partial charge in [-0.15, -0.1) is 0 Å². The van der Waals surface area contributed by atoms with Crippen molar-refractivity contribution in [3.8, 4) is 0 Å². The van der Waals surface area contributed by atoms with Gasteiger partial charge in [0.1, 0.15) is 5.82 Å². The van der Waals surface area contributed by atoms with Crippen LogP contribution in [0.2, 0.25) is 5.02 Å². The summed E-state index contributed by atoms with van der Waals surface area (Å²) < 4.78 is 13.2. The van der Waals surface area contributed by atoms with Crippen LogP contribution in [0.1, 0.15) is 10.4 Å². The minimum Gasteiger partial charge on any atom is -0.396 e. The lowest BCUT2D eigenvalue weighted by Crippen LogP contribution is -2.12. The number of rotatable bonds is 2. The highest BCUT2D eigenvalue weighted by molar-refractivity contribution is 6.34. The molecule has 18 heavy (non-hydrogen) atoms. The molecule has 0 aliphatic carbocycles. The van der Waals surface area contributed by atoms with Crippen LogP contribution in [0.3, 0.4) is 0 Å². The van der Waals surface area contributed by atoms with Crippen molar-refractivity contribution in [3.05, 3.63) is 53.1 Å². The Bertz CT molecular complexity index is 604. The molecule has 0 unspecified atom stereocenters. The Balaban J connectivity index is 2.22. The van der Waals surface area contributed by atoms with E-state index in [4.69, 9.17) is 17.3 Å². The van der Waals surface area contributed by atoms with Gasteiger partial charge in [0, 0.05) is 18.1 Å². The molecular weight excluding hydrogens is 257 g/mol. The Morgan fingerprint density at radius 3 is 2.83 bits per heavy atom. The van der Waals surface area contributed by atoms with Crippen molar-refractivity contribution < 1.29 is 9.18 Å². The van der Waals surface area contributed by atoms with Crippen LogP contribution < -0.4 is 11.1 Å². The number of benzene rings is 1. The number of halogens is 2. The lowest BCUT2D eigenvalue weighted by atomic mass is 10.2. The number of anilines is 2. The predicted molar refractivity (Wildman–Crippen MR) is 68.0 cm³/mol. The molecule has 1 amide bonds. The first-order valence-electron chi connectivity index (χ1n) is 5.04. The number of nitrogens with one attached hydrogen (secondary N) is 1. The first-order valence-corrected chi connectivity index (χ1v) is 5.41. The van der Waals surface area contributed by atoms with Gasteiger partial charge in [-0.3, -0.25) is 9.78 Å². The number of carbonyl (C=O) groups excluding carboxylic acids is 1. The van der Waals surface area contributed by atoms with E-state index in [1.807, 2.05) is 0 Å². The average molecular weight is 266 g/mol. The largest absolute Gasteiger partial charge is 0.396 e. The summed E-state index contributed by atoms with van der Waals surface area (Å²) in [6, 6.07) is 5.50. The van der Waals surface area contributed by atoms with Crippen molar-refractivity contribution in [2.75, 3.05) is 11.1 Å². The number of carbonyl (C=O) groups is 1. The number of nitrogen functional groups attached to an aromatic ring is 1. The van der Waals surface area contributed by atoms with Gasteiger partial charge in [-0.2, -0.15) is 0 Å². The van der Waals surface area contributed by atoms with E-state index < -0.39 is 11.7 Å². The maximum atomic E-state index is 13.2. The van der Waals surface area contributed by atoms with Crippen molar-refractivity contribution in [1.82, 2.24) is 4.98 Å². The van der Waals surface area contributed by atoms with Crippen molar-refractivity contribution in [2.45, 2.75) is 0 Å². The van der Waals surface area contributed by atoms with Gasteiger partial charge in [-0.25, -0.2) is 4.39 Å². The predicted octanol–water partition coefficient (Wildman–Crippen LogP) is 2.71. The van der Waals surface area contributed by atoms with Crippen LogP contribution >= 0.6 is 11.6 Å². The zero-order valence-corrected chi connectivity index (χ0v) is 9.91. The SMILES string of the molecule is Nc1ccc(NC(=O)c2ccncc2Cl)cc1F. The zero-order valence-electron chi connectivity index (χ0n) is 9.15. The molecule has 0 fully saturated rings. The molecule has 6 heteroatoms. The van der Waals surface area contributed by atoms with E-state index in [2.05, 4.69) is 10.3 Å². The van der Waals surface area contributed by atoms with Crippen LogP contribution in [-0.2, 0) is 0 Å². The number of amides is 1. The first-order chi connectivity index (χ1) is 8.58. The van der Waals surface area contributed by atoms with Crippen LogP contribution in [0.25, 0.3) is 0 Å². The second kappa shape index (κ2) is 5.01. The van der Waals surface area contributed by atoms with Crippen molar-refractivity contribution >= 4 is 28.9 Å². The molecule has 0 saturated carbocycles. The highest BCUT2D eigenvalue weighted by Crippen LogP contribution is 2.19. The second-order valence-electron chi connectivity index (χ2n) is 3.55. The number of hydrogen-bond acceptors (Lipinski definition) is 3. The Hall–Kier alpha value is -2.14. The van der Waals surface area contributed by atoms with E-state index in [1.165, 1.54) is 30.6 Å². The molecular formula is C12H9ClFN3O. The molecule has 0 bridgehead atoms. The summed E-state index contributed by atoms with van der Waals surface area (Å²) in [7, 11) is 0. The van der Waals surface area contributed by atoms with Crippen LogP contribution in [0.4, 0.5) is 15.8 Å². The molecule has 0 aliphatic heterocycles. The molecule has 2 aromatic rings. The van der Waals surface area contributed by atoms with Gasteiger partial charge < -0.3 is 11.1 Å². The summed E-state index contributed by atoms with van der Waals surface area (Å²) in [5, 5.41) is 2.75. The minimum absolute atomic E-state index is 0.0231. The lowest BCUT2D eigenvalue weighted by molar-refractivity contribution is 0.102. The molecule has 4 nitrogen and oxygen atoms in total. The number of pyridine rings is 1. The third-order valence-corrected chi connectivity index (χ3v) is 2.58. The molecule has 1 heterocycles. The molecule has 0 spiro atoms. The monoisotopic (exact) mass is 265 g/mol. The fourth-order valence-corrected chi connectivity index (χ4v) is 1.57. The zero-order chi connectivity index (χ0) is 13.1. The maximum absolute atomic E-state index is 13.2. The van der Waals surface area contributed by atoms with Gasteiger partial charge in [0.2, 0.25) is 0 Å². The molecule has 92 valence electrons. The fraction of sp³-hybridized carbons (Fsp3) is 0. The molecule has 0 saturated heterocycles. The summed E-state index contributed by atoms with van der Waals surface area (Å²) in [6.07, 6.45) is 2.81. The quantitative estimate of drug-likeness (QED) is 0.821. The van der Waals surface area contributed by atoms with Gasteiger partial charge in [-0.05, 0) is 24.3 Å². The molecule has 0 radical (unpaired) electrons. The molecule has 1 aromatic heterocycles. The Morgan fingerprint density at radius 1 is 1.39 bits per heavy atom. The van der Waals surface area contributed by atoms with E-state index >= 15 is 0 Å². The Morgan fingerprint density at radius 2 is 2.17 bits per heavy atom. The summed E-state index contributed by atoms with van der Waals surface area (Å²) in [4.78, 5) is 15.6. The van der Waals surface area contributed by atoms with Crippen molar-refractivity contribution in [3.63, 3.8) is 0 Å². The van der Waals surface area contributed by atoms with Crippen LogP contribution in [0.15, 0.2) is 36.7 Å². The van der Waals surface area contributed by atoms with Gasteiger partial charge in [-0.1, -0.05) is 11.6 Å². The molecule has 0 atom stereocenters. The Kier molecular flexibility index (Phi) is 3.43. The van der Waals surface area contributed by atoms with E-state index in [0.717, 1.165) is 6.07 Å². The topological polar surface area (TPSA) is 68.0 Å². The average Bonchev–Trinajstić information content (AvgIpc) is 2.34. The second-order valence-corrected chi connectivity index (χ2v) is 3.95. The van der Waals surface area contributed by atoms with Gasteiger partial charge in [0.05, 0.1) is 16.3 Å². The van der Waals surface area contributed by atoms with E-state index in [9.17, 15) is 9.18 Å². The molecule has 3 N–H and O–H groups in total. The smallest absolute Gasteiger partial charge is 0.257 e.